The highest BCUT2D eigenvalue weighted by Crippen LogP contribution is 2.34. The van der Waals surface area contributed by atoms with Crippen molar-refractivity contribution in [2.45, 2.75) is 43.5 Å². The van der Waals surface area contributed by atoms with Crippen LogP contribution in [0.5, 0.6) is 0 Å². The van der Waals surface area contributed by atoms with Crippen LogP contribution in [0.3, 0.4) is 0 Å². The summed E-state index contributed by atoms with van der Waals surface area (Å²) in [6.45, 7) is 2.38. The summed E-state index contributed by atoms with van der Waals surface area (Å²) < 4.78 is 27.6. The van der Waals surface area contributed by atoms with Crippen LogP contribution in [0.15, 0.2) is 53.6 Å². The number of hydrogen-bond donors (Lipinski definition) is 1. The van der Waals surface area contributed by atoms with Crippen LogP contribution in [0.1, 0.15) is 49.8 Å². The molecule has 0 bridgehead atoms. The van der Waals surface area contributed by atoms with Crippen molar-refractivity contribution in [2.24, 2.45) is 0 Å². The number of fused-ring (bicyclic) bond motifs is 1. The van der Waals surface area contributed by atoms with Crippen molar-refractivity contribution in [3.63, 3.8) is 0 Å². The van der Waals surface area contributed by atoms with Crippen LogP contribution in [0, 0.1) is 0 Å². The van der Waals surface area contributed by atoms with Gasteiger partial charge in [-0.2, -0.15) is 4.31 Å². The first kappa shape index (κ1) is 23.5. The largest absolute Gasteiger partial charge is 0.326 e. The van der Waals surface area contributed by atoms with E-state index in [2.05, 4.69) is 5.32 Å². The van der Waals surface area contributed by atoms with Crippen LogP contribution >= 0.6 is 11.6 Å². The van der Waals surface area contributed by atoms with Gasteiger partial charge >= 0.3 is 0 Å². The van der Waals surface area contributed by atoms with Crippen molar-refractivity contribution < 1.29 is 18.0 Å². The van der Waals surface area contributed by atoms with Crippen LogP contribution in [0.25, 0.3) is 6.08 Å². The van der Waals surface area contributed by atoms with E-state index < -0.39 is 16.1 Å². The first-order chi connectivity index (χ1) is 15.8. The number of carbonyl (C=O) groups is 2. The van der Waals surface area contributed by atoms with E-state index in [1.807, 2.05) is 30.3 Å². The van der Waals surface area contributed by atoms with Crippen molar-refractivity contribution in [2.75, 3.05) is 18.4 Å². The van der Waals surface area contributed by atoms with Crippen LogP contribution in [-0.2, 0) is 19.6 Å². The van der Waals surface area contributed by atoms with Gasteiger partial charge in [-0.15, -0.1) is 0 Å². The number of carbonyl (C=O) groups excluding carboxylic acids is 2. The zero-order chi connectivity index (χ0) is 23.6. The van der Waals surface area contributed by atoms with E-state index in [4.69, 9.17) is 11.6 Å². The fourth-order valence-electron chi connectivity index (χ4n) is 4.32. The van der Waals surface area contributed by atoms with E-state index in [1.54, 1.807) is 12.3 Å². The first-order valence-electron chi connectivity index (χ1n) is 10.9. The predicted molar refractivity (Wildman–Crippen MR) is 128 cm³/mol. The second-order valence-electron chi connectivity index (χ2n) is 8.25. The van der Waals surface area contributed by atoms with Gasteiger partial charge in [-0.05, 0) is 48.2 Å². The number of halogens is 1. The Morgan fingerprint density at radius 3 is 2.55 bits per heavy atom. The summed E-state index contributed by atoms with van der Waals surface area (Å²) in [5, 5.41) is 2.90. The molecular formula is C24H26ClN3O4S. The summed E-state index contributed by atoms with van der Waals surface area (Å²) in [5.74, 6) is -0.500. The summed E-state index contributed by atoms with van der Waals surface area (Å²) in [4.78, 5) is 26.6. The number of hydrogen-bond acceptors (Lipinski definition) is 4. The van der Waals surface area contributed by atoms with Crippen molar-refractivity contribution in [1.82, 2.24) is 9.21 Å². The fourth-order valence-corrected chi connectivity index (χ4v) is 6.34. The standard InChI is InChI=1S/C24H26ClN3O4S/c1-17(29)28-14-11-18-7-3-4-8-20(18)22(28)16-24(30)26-19-9-10-21(25)23(15-19)33(31,32)27-12-5-2-6-13-27/h3-4,7-11,14-15,22H,2,5-6,12-13,16H2,1H3,(H,26,30). The highest BCUT2D eigenvalue weighted by molar-refractivity contribution is 7.89. The smallest absolute Gasteiger partial charge is 0.244 e. The third-order valence-corrected chi connectivity index (χ3v) is 8.38. The van der Waals surface area contributed by atoms with Gasteiger partial charge in [0.15, 0.2) is 0 Å². The molecule has 1 saturated heterocycles. The minimum Gasteiger partial charge on any atom is -0.326 e. The average molecular weight is 488 g/mol. The first-order valence-corrected chi connectivity index (χ1v) is 12.7. The molecule has 1 atom stereocenters. The molecule has 33 heavy (non-hydrogen) atoms. The minimum absolute atomic E-state index is 0.0137. The topological polar surface area (TPSA) is 86.8 Å². The lowest BCUT2D eigenvalue weighted by molar-refractivity contribution is -0.129. The highest BCUT2D eigenvalue weighted by Gasteiger charge is 2.30. The number of anilines is 1. The lowest BCUT2D eigenvalue weighted by atomic mass is 9.93. The fraction of sp³-hybridized carbons (Fsp3) is 0.333. The Morgan fingerprint density at radius 1 is 1.09 bits per heavy atom. The van der Waals surface area contributed by atoms with E-state index in [9.17, 15) is 18.0 Å². The van der Waals surface area contributed by atoms with Crippen molar-refractivity contribution in [3.8, 4) is 0 Å². The van der Waals surface area contributed by atoms with Crippen LogP contribution in [-0.4, -0.2) is 42.5 Å². The number of nitrogens with zero attached hydrogens (tertiary/aromatic N) is 2. The second-order valence-corrected chi connectivity index (χ2v) is 10.6. The third-order valence-electron chi connectivity index (χ3n) is 6.00. The molecule has 2 amide bonds. The molecule has 2 heterocycles. The Kier molecular flexibility index (Phi) is 6.88. The molecule has 2 aliphatic heterocycles. The number of benzene rings is 2. The molecule has 4 rings (SSSR count). The van der Waals surface area contributed by atoms with E-state index in [-0.39, 0.29) is 28.2 Å². The third kappa shape index (κ3) is 4.98. The van der Waals surface area contributed by atoms with Crippen LogP contribution in [0.2, 0.25) is 5.02 Å². The molecule has 7 nitrogen and oxygen atoms in total. The average Bonchev–Trinajstić information content (AvgIpc) is 2.80. The number of nitrogens with one attached hydrogen (secondary N) is 1. The molecule has 2 aromatic rings. The van der Waals surface area contributed by atoms with Gasteiger partial charge < -0.3 is 10.2 Å². The zero-order valence-electron chi connectivity index (χ0n) is 18.3. The molecule has 0 radical (unpaired) electrons. The Hall–Kier alpha value is -2.68. The van der Waals surface area contributed by atoms with Gasteiger partial charge in [-0.25, -0.2) is 8.42 Å². The van der Waals surface area contributed by atoms with Gasteiger partial charge in [0.1, 0.15) is 4.90 Å². The minimum atomic E-state index is -3.75. The van der Waals surface area contributed by atoms with Crippen LogP contribution in [0.4, 0.5) is 5.69 Å². The Labute approximate surface area is 199 Å². The maximum absolute atomic E-state index is 13.1. The monoisotopic (exact) mass is 487 g/mol. The summed E-state index contributed by atoms with van der Waals surface area (Å²) in [7, 11) is -3.75. The van der Waals surface area contributed by atoms with E-state index in [1.165, 1.54) is 28.3 Å². The van der Waals surface area contributed by atoms with Gasteiger partial charge in [0, 0.05) is 31.9 Å². The molecule has 2 aromatic carbocycles. The molecule has 0 spiro atoms. The molecule has 9 heteroatoms. The lowest BCUT2D eigenvalue weighted by Gasteiger charge is -2.32. The van der Waals surface area contributed by atoms with Gasteiger partial charge in [0.05, 0.1) is 17.5 Å². The number of rotatable bonds is 5. The Morgan fingerprint density at radius 2 is 1.82 bits per heavy atom. The van der Waals surface area contributed by atoms with Crippen molar-refractivity contribution in [1.29, 1.82) is 0 Å². The predicted octanol–water partition coefficient (Wildman–Crippen LogP) is 4.42. The Balaban J connectivity index is 1.55. The molecule has 0 saturated carbocycles. The summed E-state index contributed by atoms with van der Waals surface area (Å²) in [6.07, 6.45) is 6.20. The van der Waals surface area contributed by atoms with E-state index >= 15 is 0 Å². The Bertz CT molecular complexity index is 1210. The molecule has 1 fully saturated rings. The van der Waals surface area contributed by atoms with E-state index in [0.29, 0.717) is 18.8 Å². The molecule has 0 aromatic heterocycles. The van der Waals surface area contributed by atoms with Gasteiger partial charge in [-0.3, -0.25) is 9.59 Å². The number of piperidine rings is 1. The quantitative estimate of drug-likeness (QED) is 0.676. The second kappa shape index (κ2) is 9.67. The SMILES string of the molecule is CC(=O)N1C=Cc2ccccc2C1CC(=O)Nc1ccc(Cl)c(S(=O)(=O)N2CCCCC2)c1. The molecule has 2 aliphatic rings. The summed E-state index contributed by atoms with van der Waals surface area (Å²) >= 11 is 6.23. The molecule has 1 unspecified atom stereocenters. The lowest BCUT2D eigenvalue weighted by Crippen LogP contribution is -2.35. The zero-order valence-corrected chi connectivity index (χ0v) is 19.9. The number of amides is 2. The highest BCUT2D eigenvalue weighted by atomic mass is 35.5. The maximum Gasteiger partial charge on any atom is 0.244 e. The maximum atomic E-state index is 13.1. The summed E-state index contributed by atoms with van der Waals surface area (Å²) in [6, 6.07) is 11.6. The van der Waals surface area contributed by atoms with Gasteiger partial charge in [-0.1, -0.05) is 42.3 Å². The van der Waals surface area contributed by atoms with Gasteiger partial charge in [0.2, 0.25) is 21.8 Å². The van der Waals surface area contributed by atoms with Gasteiger partial charge in [0.25, 0.3) is 0 Å². The molecule has 1 N–H and O–H groups in total. The van der Waals surface area contributed by atoms with Crippen molar-refractivity contribution >= 4 is 45.2 Å². The summed E-state index contributed by atoms with van der Waals surface area (Å²) in [5.41, 5.74) is 2.18. The van der Waals surface area contributed by atoms with Crippen LogP contribution < -0.4 is 5.32 Å². The van der Waals surface area contributed by atoms with Crippen molar-refractivity contribution in [3.05, 3.63) is 64.8 Å². The van der Waals surface area contributed by atoms with E-state index in [0.717, 1.165) is 30.4 Å². The molecule has 0 aliphatic carbocycles. The molecule has 174 valence electrons. The molecular weight excluding hydrogens is 462 g/mol. The number of sulfonamides is 1. The normalized spacial score (nSPS) is 18.6.